The second kappa shape index (κ2) is 8.80. The Balaban J connectivity index is 1.56. The number of hydrogen-bond acceptors (Lipinski definition) is 3. The van der Waals surface area contributed by atoms with Gasteiger partial charge in [-0.15, -0.1) is 0 Å². The van der Waals surface area contributed by atoms with Gasteiger partial charge in [-0.3, -0.25) is 14.3 Å². The monoisotopic (exact) mass is 362 g/mol. The molecule has 1 heterocycles. The van der Waals surface area contributed by atoms with E-state index in [0.29, 0.717) is 18.7 Å². The Labute approximate surface area is 158 Å². The number of amides is 2. The zero-order valence-corrected chi connectivity index (χ0v) is 15.1. The summed E-state index contributed by atoms with van der Waals surface area (Å²) >= 11 is 0. The van der Waals surface area contributed by atoms with Crippen LogP contribution in [-0.2, 0) is 17.9 Å². The minimum atomic E-state index is -0.629. The minimum absolute atomic E-state index is 0.229. The minimum Gasteiger partial charge on any atom is -0.350 e. The predicted molar refractivity (Wildman–Crippen MR) is 103 cm³/mol. The number of nitrogens with zero attached hydrogens (tertiary/aromatic N) is 2. The van der Waals surface area contributed by atoms with Gasteiger partial charge in [-0.25, -0.2) is 0 Å². The van der Waals surface area contributed by atoms with Gasteiger partial charge in [0.05, 0.1) is 6.54 Å². The topological polar surface area (TPSA) is 76.0 Å². The van der Waals surface area contributed by atoms with Crippen LogP contribution in [-0.4, -0.2) is 27.6 Å². The summed E-state index contributed by atoms with van der Waals surface area (Å²) in [5.41, 5.74) is 2.63. The van der Waals surface area contributed by atoms with Gasteiger partial charge in [0, 0.05) is 24.5 Å². The van der Waals surface area contributed by atoms with Crippen LogP contribution in [0.25, 0.3) is 0 Å². The van der Waals surface area contributed by atoms with E-state index in [-0.39, 0.29) is 11.8 Å². The first-order valence-corrected chi connectivity index (χ1v) is 8.81. The van der Waals surface area contributed by atoms with E-state index < -0.39 is 6.04 Å². The molecule has 0 spiro atoms. The number of hydrogen-bond donors (Lipinski definition) is 2. The molecule has 1 atom stereocenters. The van der Waals surface area contributed by atoms with Crippen LogP contribution in [0.5, 0.6) is 0 Å². The average Bonchev–Trinajstić information content (AvgIpc) is 3.20. The normalized spacial score (nSPS) is 11.6. The summed E-state index contributed by atoms with van der Waals surface area (Å²) in [5.74, 6) is -0.495. The van der Waals surface area contributed by atoms with Crippen molar-refractivity contribution in [2.75, 3.05) is 0 Å². The van der Waals surface area contributed by atoms with Gasteiger partial charge in [0.2, 0.25) is 5.91 Å². The van der Waals surface area contributed by atoms with Crippen LogP contribution in [0.15, 0.2) is 73.1 Å². The first kappa shape index (κ1) is 18.4. The molecule has 0 aliphatic carbocycles. The first-order valence-electron chi connectivity index (χ1n) is 8.81. The third kappa shape index (κ3) is 5.04. The molecular formula is C21H22N4O2. The Morgan fingerprint density at radius 3 is 2.41 bits per heavy atom. The van der Waals surface area contributed by atoms with Crippen molar-refractivity contribution in [3.8, 4) is 0 Å². The largest absolute Gasteiger partial charge is 0.350 e. The molecule has 0 bridgehead atoms. The molecule has 0 saturated heterocycles. The zero-order valence-electron chi connectivity index (χ0n) is 15.1. The fourth-order valence-electron chi connectivity index (χ4n) is 2.72. The molecule has 0 unspecified atom stereocenters. The van der Waals surface area contributed by atoms with Crippen LogP contribution < -0.4 is 10.6 Å². The second-order valence-corrected chi connectivity index (χ2v) is 6.25. The van der Waals surface area contributed by atoms with Crippen molar-refractivity contribution >= 4 is 11.8 Å². The average molecular weight is 362 g/mol. The molecule has 27 heavy (non-hydrogen) atoms. The van der Waals surface area contributed by atoms with Gasteiger partial charge in [-0.1, -0.05) is 42.5 Å². The summed E-state index contributed by atoms with van der Waals surface area (Å²) in [4.78, 5) is 24.5. The van der Waals surface area contributed by atoms with E-state index in [1.54, 1.807) is 37.4 Å². The maximum absolute atomic E-state index is 12.4. The van der Waals surface area contributed by atoms with Gasteiger partial charge in [0.15, 0.2) is 0 Å². The summed E-state index contributed by atoms with van der Waals surface area (Å²) in [6.45, 7) is 2.70. The molecule has 2 amide bonds. The molecule has 6 nitrogen and oxygen atoms in total. The lowest BCUT2D eigenvalue weighted by molar-refractivity contribution is -0.122. The highest BCUT2D eigenvalue weighted by Crippen LogP contribution is 2.10. The molecule has 3 rings (SSSR count). The molecule has 0 saturated carbocycles. The molecule has 2 aromatic carbocycles. The Kier molecular flexibility index (Phi) is 5.99. The number of carbonyl (C=O) groups is 2. The highest BCUT2D eigenvalue weighted by atomic mass is 16.2. The highest BCUT2D eigenvalue weighted by molar-refractivity contribution is 5.97. The van der Waals surface area contributed by atoms with Crippen LogP contribution in [0.2, 0.25) is 0 Å². The van der Waals surface area contributed by atoms with Crippen molar-refractivity contribution in [1.82, 2.24) is 20.4 Å². The summed E-state index contributed by atoms with van der Waals surface area (Å²) < 4.78 is 1.84. The summed E-state index contributed by atoms with van der Waals surface area (Å²) in [7, 11) is 0. The van der Waals surface area contributed by atoms with Crippen LogP contribution in [0, 0.1) is 0 Å². The molecule has 0 fully saturated rings. The van der Waals surface area contributed by atoms with Crippen molar-refractivity contribution in [1.29, 1.82) is 0 Å². The van der Waals surface area contributed by atoms with E-state index in [9.17, 15) is 9.59 Å². The molecule has 6 heteroatoms. The van der Waals surface area contributed by atoms with Crippen LogP contribution in [0.3, 0.4) is 0 Å². The van der Waals surface area contributed by atoms with E-state index in [1.807, 2.05) is 47.3 Å². The maximum Gasteiger partial charge on any atom is 0.251 e. The molecule has 3 aromatic rings. The molecular weight excluding hydrogens is 340 g/mol. The predicted octanol–water partition coefficient (Wildman–Crippen LogP) is 2.37. The van der Waals surface area contributed by atoms with Crippen molar-refractivity contribution in [3.63, 3.8) is 0 Å². The first-order chi connectivity index (χ1) is 13.1. The van der Waals surface area contributed by atoms with Gasteiger partial charge in [0.25, 0.3) is 5.91 Å². The van der Waals surface area contributed by atoms with Crippen molar-refractivity contribution in [2.24, 2.45) is 0 Å². The Hall–Kier alpha value is -3.41. The lowest BCUT2D eigenvalue weighted by Crippen LogP contribution is -2.44. The molecule has 0 aliphatic rings. The van der Waals surface area contributed by atoms with E-state index in [1.165, 1.54) is 0 Å². The molecule has 0 radical (unpaired) electrons. The molecule has 138 valence electrons. The fraction of sp³-hybridized carbons (Fsp3) is 0.190. The van der Waals surface area contributed by atoms with Gasteiger partial charge >= 0.3 is 0 Å². The smallest absolute Gasteiger partial charge is 0.251 e. The quantitative estimate of drug-likeness (QED) is 0.677. The SMILES string of the molecule is C[C@@H](NC(=O)c1ccccc1)C(=O)NCc1ccccc1Cn1cccn1. The second-order valence-electron chi connectivity index (χ2n) is 6.25. The molecule has 0 aliphatic heterocycles. The molecule has 2 N–H and O–H groups in total. The highest BCUT2D eigenvalue weighted by Gasteiger charge is 2.16. The Morgan fingerprint density at radius 2 is 1.70 bits per heavy atom. The lowest BCUT2D eigenvalue weighted by atomic mass is 10.1. The van der Waals surface area contributed by atoms with Gasteiger partial charge in [-0.05, 0) is 36.2 Å². The van der Waals surface area contributed by atoms with E-state index in [0.717, 1.165) is 11.1 Å². The standard InChI is InChI=1S/C21H22N4O2/c1-16(24-21(27)17-8-3-2-4-9-17)20(26)22-14-18-10-5-6-11-19(18)15-25-13-7-12-23-25/h2-13,16H,14-15H2,1H3,(H,22,26)(H,24,27)/t16-/m1/s1. The van der Waals surface area contributed by atoms with Crippen LogP contribution in [0.4, 0.5) is 0 Å². The zero-order chi connectivity index (χ0) is 19.1. The van der Waals surface area contributed by atoms with Gasteiger partial charge in [0.1, 0.15) is 6.04 Å². The van der Waals surface area contributed by atoms with Crippen molar-refractivity contribution in [2.45, 2.75) is 26.1 Å². The molecule has 1 aromatic heterocycles. The Morgan fingerprint density at radius 1 is 1.00 bits per heavy atom. The summed E-state index contributed by atoms with van der Waals surface area (Å²) in [6.07, 6.45) is 3.64. The van der Waals surface area contributed by atoms with Crippen LogP contribution in [0.1, 0.15) is 28.4 Å². The van der Waals surface area contributed by atoms with Crippen molar-refractivity contribution in [3.05, 3.63) is 89.7 Å². The third-order valence-corrected chi connectivity index (χ3v) is 4.24. The van der Waals surface area contributed by atoms with Crippen LogP contribution >= 0.6 is 0 Å². The number of benzene rings is 2. The third-order valence-electron chi connectivity index (χ3n) is 4.24. The fourth-order valence-corrected chi connectivity index (χ4v) is 2.72. The number of aromatic nitrogens is 2. The van der Waals surface area contributed by atoms with Gasteiger partial charge in [-0.2, -0.15) is 5.10 Å². The van der Waals surface area contributed by atoms with Crippen molar-refractivity contribution < 1.29 is 9.59 Å². The number of nitrogens with one attached hydrogen (secondary N) is 2. The summed E-state index contributed by atoms with van der Waals surface area (Å²) in [6, 6.07) is 18.0. The number of carbonyl (C=O) groups excluding carboxylic acids is 2. The van der Waals surface area contributed by atoms with E-state index in [2.05, 4.69) is 15.7 Å². The lowest BCUT2D eigenvalue weighted by Gasteiger charge is -2.15. The van der Waals surface area contributed by atoms with Gasteiger partial charge < -0.3 is 10.6 Å². The van der Waals surface area contributed by atoms with E-state index >= 15 is 0 Å². The Bertz CT molecular complexity index is 892. The maximum atomic E-state index is 12.4. The van der Waals surface area contributed by atoms with E-state index in [4.69, 9.17) is 0 Å². The number of rotatable bonds is 7. The summed E-state index contributed by atoms with van der Waals surface area (Å²) in [5, 5.41) is 9.83.